The van der Waals surface area contributed by atoms with Crippen LogP contribution in [0.5, 0.6) is 0 Å². The van der Waals surface area contributed by atoms with Gasteiger partial charge in [0.15, 0.2) is 0 Å². The van der Waals surface area contributed by atoms with Gasteiger partial charge in [0.2, 0.25) is 0 Å². The molecule has 0 aromatic carbocycles. The molecule has 0 N–H and O–H groups in total. The van der Waals surface area contributed by atoms with E-state index in [9.17, 15) is 0 Å². The van der Waals surface area contributed by atoms with E-state index in [0.717, 1.165) is 12.8 Å². The van der Waals surface area contributed by atoms with Gasteiger partial charge in [-0.1, -0.05) is 31.8 Å². The normalized spacial score (nSPS) is 18.6. The smallest absolute Gasteiger partial charge is 0.368 e. The molecule has 1 aliphatic rings. The van der Waals surface area contributed by atoms with Crippen LogP contribution in [-0.2, 0) is 13.3 Å². The van der Waals surface area contributed by atoms with Crippen molar-refractivity contribution >= 4 is 8.80 Å². The zero-order valence-electron chi connectivity index (χ0n) is 16.2. The van der Waals surface area contributed by atoms with E-state index in [1.54, 1.807) is 0 Å². The number of allylic oxidation sites excluding steroid dienone is 2. The Morgan fingerprint density at radius 1 is 0.696 bits per heavy atom. The molecule has 0 unspecified atom stereocenters. The second-order valence-electron chi connectivity index (χ2n) is 7.45. The van der Waals surface area contributed by atoms with Crippen molar-refractivity contribution in [2.75, 3.05) is 0 Å². The first-order valence-electron chi connectivity index (χ1n) is 9.58. The molecule has 4 heteroatoms. The molecular weight excluding hydrogens is 304 g/mol. The summed E-state index contributed by atoms with van der Waals surface area (Å²) in [6, 6.07) is 0. The van der Waals surface area contributed by atoms with Gasteiger partial charge in [-0.05, 0) is 72.4 Å². The van der Waals surface area contributed by atoms with E-state index < -0.39 is 8.80 Å². The predicted molar refractivity (Wildman–Crippen MR) is 99.4 cm³/mol. The van der Waals surface area contributed by atoms with Gasteiger partial charge in [-0.25, -0.2) is 0 Å². The number of hydrogen-bond acceptors (Lipinski definition) is 3. The summed E-state index contributed by atoms with van der Waals surface area (Å²) in [7, 11) is -2.82. The van der Waals surface area contributed by atoms with Crippen LogP contribution >= 0.6 is 0 Å². The standard InChI is InChI=1S/C19H38O3Si/c1-16(2)20-23(21-17(3)4,22-18(5)6)19-14-12-10-8-7-9-11-13-15-19/h14,16-18H,7-13,15H2,1-6H3. The summed E-state index contributed by atoms with van der Waals surface area (Å²) in [5.74, 6) is 0. The van der Waals surface area contributed by atoms with Crippen LogP contribution in [0.3, 0.4) is 0 Å². The van der Waals surface area contributed by atoms with Crippen molar-refractivity contribution in [1.29, 1.82) is 0 Å². The topological polar surface area (TPSA) is 27.7 Å². The zero-order chi connectivity index (χ0) is 17.3. The van der Waals surface area contributed by atoms with Crippen LogP contribution in [0.15, 0.2) is 11.3 Å². The maximum Gasteiger partial charge on any atom is 0.533 e. The van der Waals surface area contributed by atoms with E-state index in [0.29, 0.717) is 0 Å². The van der Waals surface area contributed by atoms with Crippen LogP contribution < -0.4 is 0 Å². The quantitative estimate of drug-likeness (QED) is 0.547. The lowest BCUT2D eigenvalue weighted by atomic mass is 10.1. The number of hydrogen-bond donors (Lipinski definition) is 0. The maximum absolute atomic E-state index is 6.39. The minimum atomic E-state index is -2.82. The van der Waals surface area contributed by atoms with Gasteiger partial charge in [-0.15, -0.1) is 0 Å². The molecule has 0 aromatic rings. The Labute approximate surface area is 145 Å². The van der Waals surface area contributed by atoms with E-state index in [1.165, 1.54) is 43.7 Å². The zero-order valence-corrected chi connectivity index (χ0v) is 17.2. The summed E-state index contributed by atoms with van der Waals surface area (Å²) in [4.78, 5) is 0. The third-order valence-electron chi connectivity index (χ3n) is 3.86. The third-order valence-corrected chi connectivity index (χ3v) is 7.44. The molecular formula is C19H38O3Si. The molecule has 0 amide bonds. The van der Waals surface area contributed by atoms with Crippen molar-refractivity contribution in [3.8, 4) is 0 Å². The largest absolute Gasteiger partial charge is 0.533 e. The SMILES string of the molecule is CC(C)O[Si](OC(C)C)(OC(C)C)C1=CCCCCCCCC1. The summed E-state index contributed by atoms with van der Waals surface area (Å²) >= 11 is 0. The highest BCUT2D eigenvalue weighted by molar-refractivity contribution is 6.69. The fourth-order valence-electron chi connectivity index (χ4n) is 3.06. The van der Waals surface area contributed by atoms with E-state index in [-0.39, 0.29) is 18.3 Å². The lowest BCUT2D eigenvalue weighted by Crippen LogP contribution is -2.52. The first-order valence-corrected chi connectivity index (χ1v) is 11.3. The van der Waals surface area contributed by atoms with E-state index in [4.69, 9.17) is 13.3 Å². The highest BCUT2D eigenvalue weighted by Crippen LogP contribution is 2.30. The Hall–Kier alpha value is -0.163. The second kappa shape index (κ2) is 10.6. The highest BCUT2D eigenvalue weighted by Gasteiger charge is 2.47. The van der Waals surface area contributed by atoms with Crippen LogP contribution in [0.2, 0.25) is 0 Å². The average Bonchev–Trinajstić information content (AvgIpc) is 2.42. The molecule has 0 fully saturated rings. The van der Waals surface area contributed by atoms with Crippen molar-refractivity contribution < 1.29 is 13.3 Å². The van der Waals surface area contributed by atoms with Crippen molar-refractivity contribution in [3.05, 3.63) is 11.3 Å². The van der Waals surface area contributed by atoms with E-state index >= 15 is 0 Å². The van der Waals surface area contributed by atoms with Crippen molar-refractivity contribution in [3.63, 3.8) is 0 Å². The van der Waals surface area contributed by atoms with Gasteiger partial charge in [-0.3, -0.25) is 0 Å². The van der Waals surface area contributed by atoms with Crippen molar-refractivity contribution in [1.82, 2.24) is 0 Å². The Kier molecular flexibility index (Phi) is 9.67. The first kappa shape index (κ1) is 20.9. The lowest BCUT2D eigenvalue weighted by molar-refractivity contribution is 0.0101. The second-order valence-corrected chi connectivity index (χ2v) is 9.91. The van der Waals surface area contributed by atoms with Gasteiger partial charge >= 0.3 is 8.80 Å². The average molecular weight is 343 g/mol. The molecule has 0 aromatic heterocycles. The van der Waals surface area contributed by atoms with Gasteiger partial charge in [0, 0.05) is 18.3 Å². The Balaban J connectivity index is 3.10. The minimum absolute atomic E-state index is 0.107. The highest BCUT2D eigenvalue weighted by atomic mass is 28.4. The molecule has 0 radical (unpaired) electrons. The van der Waals surface area contributed by atoms with E-state index in [1.807, 2.05) is 0 Å². The summed E-state index contributed by atoms with van der Waals surface area (Å²) in [6.45, 7) is 12.5. The van der Waals surface area contributed by atoms with Gasteiger partial charge in [0.25, 0.3) is 0 Å². The molecule has 0 bridgehead atoms. The lowest BCUT2D eigenvalue weighted by Gasteiger charge is -2.36. The van der Waals surface area contributed by atoms with Gasteiger partial charge in [0.05, 0.1) is 0 Å². The molecule has 0 saturated heterocycles. The number of rotatable bonds is 7. The Morgan fingerprint density at radius 2 is 1.13 bits per heavy atom. The molecule has 136 valence electrons. The van der Waals surface area contributed by atoms with Crippen LogP contribution in [0.25, 0.3) is 0 Å². The molecule has 3 nitrogen and oxygen atoms in total. The van der Waals surface area contributed by atoms with Crippen LogP contribution in [0, 0.1) is 0 Å². The maximum atomic E-state index is 6.39. The summed E-state index contributed by atoms with van der Waals surface area (Å²) in [6.07, 6.45) is 12.7. The van der Waals surface area contributed by atoms with Gasteiger partial charge in [0.1, 0.15) is 0 Å². The van der Waals surface area contributed by atoms with Crippen LogP contribution in [-0.4, -0.2) is 27.1 Å². The molecule has 0 spiro atoms. The summed E-state index contributed by atoms with van der Waals surface area (Å²) < 4.78 is 19.2. The fourth-order valence-corrected chi connectivity index (χ4v) is 6.42. The van der Waals surface area contributed by atoms with Gasteiger partial charge in [-0.2, -0.15) is 0 Å². The minimum Gasteiger partial charge on any atom is -0.368 e. The predicted octanol–water partition coefficient (Wildman–Crippen LogP) is 5.80. The van der Waals surface area contributed by atoms with Crippen LogP contribution in [0.4, 0.5) is 0 Å². The molecule has 23 heavy (non-hydrogen) atoms. The molecule has 1 rings (SSSR count). The van der Waals surface area contributed by atoms with Gasteiger partial charge < -0.3 is 13.3 Å². The van der Waals surface area contributed by atoms with E-state index in [2.05, 4.69) is 47.6 Å². The molecule has 0 saturated carbocycles. The van der Waals surface area contributed by atoms with Crippen LogP contribution in [0.1, 0.15) is 92.9 Å². The molecule has 0 aliphatic heterocycles. The first-order chi connectivity index (χ1) is 10.9. The van der Waals surface area contributed by atoms with Crippen molar-refractivity contribution in [2.24, 2.45) is 0 Å². The molecule has 1 aliphatic carbocycles. The summed E-state index contributed by atoms with van der Waals surface area (Å²) in [5, 5.41) is 1.32. The fraction of sp³-hybridized carbons (Fsp3) is 0.895. The molecule has 0 heterocycles. The Morgan fingerprint density at radius 3 is 1.61 bits per heavy atom. The van der Waals surface area contributed by atoms with Crippen molar-refractivity contribution in [2.45, 2.75) is 111 Å². The monoisotopic (exact) mass is 342 g/mol. The molecule has 0 atom stereocenters. The third kappa shape index (κ3) is 7.97. The Bertz CT molecular complexity index is 324. The summed E-state index contributed by atoms with van der Waals surface area (Å²) in [5.41, 5.74) is 0.